The van der Waals surface area contributed by atoms with Gasteiger partial charge in [-0.25, -0.2) is 9.97 Å². The molecule has 0 bridgehead atoms. The summed E-state index contributed by atoms with van der Waals surface area (Å²) in [5.74, 6) is 1.05. The van der Waals surface area contributed by atoms with Crippen molar-refractivity contribution in [3.63, 3.8) is 0 Å². The number of hydrogen-bond acceptors (Lipinski definition) is 4. The summed E-state index contributed by atoms with van der Waals surface area (Å²) in [4.78, 5) is 10.4. The van der Waals surface area contributed by atoms with Gasteiger partial charge >= 0.3 is 0 Å². The zero-order chi connectivity index (χ0) is 13.8. The van der Waals surface area contributed by atoms with Crippen LogP contribution in [0.4, 0.5) is 5.82 Å². The Balaban J connectivity index is 1.78. The number of aromatic nitrogens is 2. The third-order valence-electron chi connectivity index (χ3n) is 4.01. The Labute approximate surface area is 124 Å². The average Bonchev–Trinajstić information content (AvgIpc) is 2.80. The summed E-state index contributed by atoms with van der Waals surface area (Å²) in [5.41, 5.74) is 4.05. The van der Waals surface area contributed by atoms with Crippen LogP contribution in [-0.2, 0) is 25.8 Å². The molecular formula is C16H21N3S. The molecule has 0 amide bonds. The van der Waals surface area contributed by atoms with Gasteiger partial charge < -0.3 is 5.32 Å². The van der Waals surface area contributed by atoms with Crippen LogP contribution in [-0.4, -0.2) is 9.97 Å². The Morgan fingerprint density at radius 2 is 2.10 bits per heavy atom. The minimum Gasteiger partial charge on any atom is -0.365 e. The molecule has 0 atom stereocenters. The van der Waals surface area contributed by atoms with E-state index in [0.29, 0.717) is 0 Å². The van der Waals surface area contributed by atoms with E-state index in [0.717, 1.165) is 31.6 Å². The fraction of sp³-hybridized carbons (Fsp3) is 0.500. The highest BCUT2D eigenvalue weighted by molar-refractivity contribution is 7.10. The number of anilines is 1. The van der Waals surface area contributed by atoms with Gasteiger partial charge in [0.15, 0.2) is 0 Å². The number of fused-ring (bicyclic) bond motifs is 1. The first-order valence-corrected chi connectivity index (χ1v) is 8.38. The van der Waals surface area contributed by atoms with Gasteiger partial charge in [-0.3, -0.25) is 0 Å². The lowest BCUT2D eigenvalue weighted by molar-refractivity contribution is 0.709. The van der Waals surface area contributed by atoms with Crippen LogP contribution < -0.4 is 5.32 Å². The Morgan fingerprint density at radius 1 is 1.20 bits per heavy atom. The molecule has 0 spiro atoms. The summed E-state index contributed by atoms with van der Waals surface area (Å²) >= 11 is 1.83. The fourth-order valence-electron chi connectivity index (χ4n) is 2.85. The van der Waals surface area contributed by atoms with Crippen LogP contribution in [0.25, 0.3) is 0 Å². The molecule has 4 heteroatoms. The second-order valence-electron chi connectivity index (χ2n) is 5.28. The summed E-state index contributed by atoms with van der Waals surface area (Å²) in [5, 5.41) is 5.71. The van der Waals surface area contributed by atoms with Crippen LogP contribution in [0.3, 0.4) is 0 Å². The summed E-state index contributed by atoms with van der Waals surface area (Å²) < 4.78 is 0. The first kappa shape index (κ1) is 13.6. The van der Waals surface area contributed by atoms with Crippen molar-refractivity contribution in [1.82, 2.24) is 9.97 Å². The van der Waals surface area contributed by atoms with Crippen molar-refractivity contribution in [2.24, 2.45) is 0 Å². The second kappa shape index (κ2) is 6.35. The molecule has 0 saturated carbocycles. The van der Waals surface area contributed by atoms with Crippen molar-refractivity contribution in [2.45, 2.75) is 52.0 Å². The lowest BCUT2D eigenvalue weighted by Gasteiger charge is -2.12. The van der Waals surface area contributed by atoms with E-state index in [-0.39, 0.29) is 0 Å². The van der Waals surface area contributed by atoms with Crippen LogP contribution in [0, 0.1) is 0 Å². The quantitative estimate of drug-likeness (QED) is 0.864. The number of aryl methyl sites for hydroxylation is 2. The van der Waals surface area contributed by atoms with Crippen LogP contribution in [0.5, 0.6) is 0 Å². The van der Waals surface area contributed by atoms with Crippen LogP contribution in [0.1, 0.15) is 47.9 Å². The van der Waals surface area contributed by atoms with E-state index < -0.39 is 0 Å². The number of hydrogen-bond donors (Lipinski definition) is 1. The van der Waals surface area contributed by atoms with E-state index in [9.17, 15) is 0 Å². The summed E-state index contributed by atoms with van der Waals surface area (Å²) in [6.45, 7) is 3.09. The molecule has 3 nitrogen and oxygen atoms in total. The molecule has 0 saturated heterocycles. The van der Waals surface area contributed by atoms with E-state index in [1.165, 1.54) is 41.0 Å². The molecule has 2 aromatic heterocycles. The van der Waals surface area contributed by atoms with E-state index in [2.05, 4.69) is 33.7 Å². The highest BCUT2D eigenvalue weighted by atomic mass is 32.1. The topological polar surface area (TPSA) is 37.8 Å². The third kappa shape index (κ3) is 2.85. The highest BCUT2D eigenvalue weighted by Gasteiger charge is 2.14. The number of nitrogens with zero attached hydrogens (tertiary/aromatic N) is 2. The molecule has 1 aliphatic carbocycles. The first-order valence-electron chi connectivity index (χ1n) is 7.50. The van der Waals surface area contributed by atoms with Crippen molar-refractivity contribution in [3.8, 4) is 0 Å². The Bertz CT molecular complexity index is 577. The molecule has 106 valence electrons. The Hall–Kier alpha value is -1.42. The lowest BCUT2D eigenvalue weighted by atomic mass is 10.1. The van der Waals surface area contributed by atoms with Crippen molar-refractivity contribution >= 4 is 17.2 Å². The number of nitrogens with one attached hydrogen (secondary N) is 1. The van der Waals surface area contributed by atoms with E-state index in [4.69, 9.17) is 0 Å². The SMILES string of the molecule is CCc1ccsc1CNc1ncnc2c1CCCCC2. The van der Waals surface area contributed by atoms with Gasteiger partial charge in [0.1, 0.15) is 12.1 Å². The van der Waals surface area contributed by atoms with Gasteiger partial charge in [-0.15, -0.1) is 11.3 Å². The number of rotatable bonds is 4. The molecule has 0 fully saturated rings. The fourth-order valence-corrected chi connectivity index (χ4v) is 3.77. The maximum absolute atomic E-state index is 4.47. The van der Waals surface area contributed by atoms with Gasteiger partial charge in [0.05, 0.1) is 6.54 Å². The maximum atomic E-state index is 4.47. The minimum absolute atomic E-state index is 0.879. The van der Waals surface area contributed by atoms with Gasteiger partial charge in [0.25, 0.3) is 0 Å². The summed E-state index contributed by atoms with van der Waals surface area (Å²) in [6, 6.07) is 2.22. The molecule has 0 aromatic carbocycles. The number of thiophene rings is 1. The molecule has 20 heavy (non-hydrogen) atoms. The molecular weight excluding hydrogens is 266 g/mol. The molecule has 2 heterocycles. The van der Waals surface area contributed by atoms with Crippen molar-refractivity contribution < 1.29 is 0 Å². The van der Waals surface area contributed by atoms with Gasteiger partial charge in [0.2, 0.25) is 0 Å². The minimum atomic E-state index is 0.879. The van der Waals surface area contributed by atoms with E-state index in [1.54, 1.807) is 6.33 Å². The highest BCUT2D eigenvalue weighted by Crippen LogP contribution is 2.25. The largest absolute Gasteiger partial charge is 0.365 e. The zero-order valence-corrected chi connectivity index (χ0v) is 12.8. The van der Waals surface area contributed by atoms with Gasteiger partial charge in [-0.1, -0.05) is 13.3 Å². The van der Waals surface area contributed by atoms with Crippen LogP contribution >= 0.6 is 11.3 Å². The zero-order valence-electron chi connectivity index (χ0n) is 12.0. The molecule has 2 aromatic rings. The Kier molecular flexibility index (Phi) is 4.31. The monoisotopic (exact) mass is 287 g/mol. The molecule has 1 N–H and O–H groups in total. The van der Waals surface area contributed by atoms with Crippen LogP contribution in [0.2, 0.25) is 0 Å². The second-order valence-corrected chi connectivity index (χ2v) is 6.28. The maximum Gasteiger partial charge on any atom is 0.133 e. The molecule has 1 aliphatic rings. The predicted octanol–water partition coefficient (Wildman–Crippen LogP) is 3.98. The molecule has 0 aliphatic heterocycles. The van der Waals surface area contributed by atoms with E-state index in [1.807, 2.05) is 11.3 Å². The van der Waals surface area contributed by atoms with Crippen molar-refractivity contribution in [3.05, 3.63) is 39.5 Å². The normalized spacial score (nSPS) is 14.7. The van der Waals surface area contributed by atoms with Gasteiger partial charge in [-0.2, -0.15) is 0 Å². The summed E-state index contributed by atoms with van der Waals surface area (Å²) in [7, 11) is 0. The molecule has 0 unspecified atom stereocenters. The van der Waals surface area contributed by atoms with Crippen molar-refractivity contribution in [1.29, 1.82) is 0 Å². The smallest absolute Gasteiger partial charge is 0.133 e. The third-order valence-corrected chi connectivity index (χ3v) is 4.97. The van der Waals surface area contributed by atoms with Gasteiger partial charge in [-0.05, 0) is 49.1 Å². The van der Waals surface area contributed by atoms with Gasteiger partial charge in [0, 0.05) is 16.1 Å². The Morgan fingerprint density at radius 3 is 3.00 bits per heavy atom. The predicted molar refractivity (Wildman–Crippen MR) is 84.3 cm³/mol. The van der Waals surface area contributed by atoms with E-state index >= 15 is 0 Å². The van der Waals surface area contributed by atoms with Crippen molar-refractivity contribution in [2.75, 3.05) is 5.32 Å². The summed E-state index contributed by atoms with van der Waals surface area (Å²) in [6.07, 6.45) is 8.85. The van der Waals surface area contributed by atoms with Crippen LogP contribution in [0.15, 0.2) is 17.8 Å². The molecule has 3 rings (SSSR count). The lowest BCUT2D eigenvalue weighted by Crippen LogP contribution is -2.08. The standard InChI is InChI=1S/C16H21N3S/c1-2-12-8-9-20-15(12)10-17-16-13-6-4-3-5-7-14(13)18-11-19-16/h8-9,11H,2-7,10H2,1H3,(H,17,18,19). The molecule has 0 radical (unpaired) electrons. The average molecular weight is 287 g/mol. The first-order chi connectivity index (χ1) is 9.88.